The van der Waals surface area contributed by atoms with Gasteiger partial charge in [0.2, 0.25) is 12.3 Å². The number of allylic oxidation sites excluding steroid dienone is 3. The van der Waals surface area contributed by atoms with Gasteiger partial charge in [0.25, 0.3) is 0 Å². The summed E-state index contributed by atoms with van der Waals surface area (Å²) in [4.78, 5) is 25.7. The maximum atomic E-state index is 13.1. The van der Waals surface area contributed by atoms with Gasteiger partial charge in [-0.3, -0.25) is 9.59 Å². The highest BCUT2D eigenvalue weighted by molar-refractivity contribution is 5.79. The first-order valence-electron chi connectivity index (χ1n) is 9.76. The van der Waals surface area contributed by atoms with Gasteiger partial charge in [-0.25, -0.2) is 4.39 Å². The molecule has 1 aliphatic heterocycles. The Morgan fingerprint density at radius 2 is 2.03 bits per heavy atom. The minimum Gasteiger partial charge on any atom is -0.391 e. The van der Waals surface area contributed by atoms with Crippen LogP contribution < -0.4 is 10.6 Å². The number of likely N-dealkylation sites (tertiary alicyclic amines) is 1. The predicted molar refractivity (Wildman–Crippen MR) is 111 cm³/mol. The molecule has 8 heteroatoms. The molecule has 1 rings (SSSR count). The zero-order valence-electron chi connectivity index (χ0n) is 17.9. The van der Waals surface area contributed by atoms with Crippen LogP contribution in [0.4, 0.5) is 4.39 Å². The SMILES string of the molecule is C=C/C(=C\C=C(/C)F)C(NC)C(C)NC(=O)C(C)C(OC)[C@@H]1C[C@H](O)CN1C=O. The van der Waals surface area contributed by atoms with E-state index in [1.807, 2.05) is 6.92 Å². The number of methoxy groups -OCH3 is 1. The minimum atomic E-state index is -0.627. The van der Waals surface area contributed by atoms with E-state index in [9.17, 15) is 19.1 Å². The molecule has 0 radical (unpaired) electrons. The molecule has 0 aliphatic carbocycles. The summed E-state index contributed by atoms with van der Waals surface area (Å²) in [5, 5.41) is 16.0. The first-order chi connectivity index (χ1) is 13.7. The van der Waals surface area contributed by atoms with Crippen molar-refractivity contribution in [1.29, 1.82) is 0 Å². The molecule has 6 atom stereocenters. The molecular formula is C21H34FN3O4. The Morgan fingerprint density at radius 3 is 2.52 bits per heavy atom. The van der Waals surface area contributed by atoms with Crippen LogP contribution in [-0.4, -0.2) is 73.4 Å². The molecule has 1 fully saturated rings. The molecule has 1 saturated heterocycles. The molecule has 0 aromatic carbocycles. The molecule has 0 bridgehead atoms. The average Bonchev–Trinajstić information content (AvgIpc) is 3.05. The number of ether oxygens (including phenoxy) is 1. The number of aliphatic hydroxyl groups is 1. The van der Waals surface area contributed by atoms with E-state index in [4.69, 9.17) is 4.74 Å². The average molecular weight is 412 g/mol. The van der Waals surface area contributed by atoms with E-state index >= 15 is 0 Å². The van der Waals surface area contributed by atoms with Crippen LogP contribution in [0.1, 0.15) is 27.2 Å². The predicted octanol–water partition coefficient (Wildman–Crippen LogP) is 1.31. The smallest absolute Gasteiger partial charge is 0.225 e. The number of β-amino-alcohol motifs (C(OH)–C–C–N with tert-alkyl or cyclic N) is 1. The van der Waals surface area contributed by atoms with Gasteiger partial charge in [0, 0.05) is 19.7 Å². The third-order valence-corrected chi connectivity index (χ3v) is 5.34. The maximum Gasteiger partial charge on any atom is 0.225 e. The van der Waals surface area contributed by atoms with Gasteiger partial charge in [0.1, 0.15) is 0 Å². The second kappa shape index (κ2) is 11.8. The van der Waals surface area contributed by atoms with Gasteiger partial charge in [-0.15, -0.1) is 0 Å². The van der Waals surface area contributed by atoms with Crippen LogP contribution in [0.15, 0.2) is 36.2 Å². The highest BCUT2D eigenvalue weighted by Gasteiger charge is 2.40. The molecule has 4 unspecified atom stereocenters. The first-order valence-corrected chi connectivity index (χ1v) is 9.76. The number of carbonyl (C=O) groups excluding carboxylic acids is 2. The molecule has 0 aromatic rings. The topological polar surface area (TPSA) is 90.9 Å². The number of aliphatic hydroxyl groups excluding tert-OH is 1. The van der Waals surface area contributed by atoms with Crippen molar-refractivity contribution in [3.63, 3.8) is 0 Å². The van der Waals surface area contributed by atoms with Crippen molar-refractivity contribution in [2.24, 2.45) is 5.92 Å². The lowest BCUT2D eigenvalue weighted by molar-refractivity contribution is -0.134. The van der Waals surface area contributed by atoms with Crippen LogP contribution in [0, 0.1) is 5.92 Å². The minimum absolute atomic E-state index is 0.232. The van der Waals surface area contributed by atoms with Crippen molar-refractivity contribution < 1.29 is 23.8 Å². The van der Waals surface area contributed by atoms with Crippen LogP contribution >= 0.6 is 0 Å². The molecule has 3 N–H and O–H groups in total. The number of hydrogen-bond acceptors (Lipinski definition) is 5. The second-order valence-electron chi connectivity index (χ2n) is 7.44. The molecule has 1 heterocycles. The lowest BCUT2D eigenvalue weighted by Crippen LogP contribution is -2.53. The monoisotopic (exact) mass is 411 g/mol. The number of rotatable bonds is 11. The molecule has 2 amide bonds. The van der Waals surface area contributed by atoms with E-state index in [2.05, 4.69) is 17.2 Å². The molecular weight excluding hydrogens is 377 g/mol. The first kappa shape index (κ1) is 25.0. The molecule has 29 heavy (non-hydrogen) atoms. The lowest BCUT2D eigenvalue weighted by Gasteiger charge is -2.33. The summed E-state index contributed by atoms with van der Waals surface area (Å²) < 4.78 is 18.6. The van der Waals surface area contributed by atoms with Gasteiger partial charge in [-0.1, -0.05) is 25.7 Å². The summed E-state index contributed by atoms with van der Waals surface area (Å²) in [6, 6.07) is -0.966. The summed E-state index contributed by atoms with van der Waals surface area (Å²) in [5.41, 5.74) is 0.735. The Balaban J connectivity index is 2.90. The van der Waals surface area contributed by atoms with Crippen LogP contribution in [0.2, 0.25) is 0 Å². The Labute approximate surface area is 172 Å². The number of likely N-dealkylation sites (N-methyl/N-ethyl adjacent to an activating group) is 1. The van der Waals surface area contributed by atoms with Crippen molar-refractivity contribution in [3.05, 3.63) is 36.2 Å². The molecule has 1 aliphatic rings. The Bertz CT molecular complexity index is 633. The summed E-state index contributed by atoms with van der Waals surface area (Å²) in [6.07, 6.45) is 4.45. The highest BCUT2D eigenvalue weighted by Crippen LogP contribution is 2.25. The van der Waals surface area contributed by atoms with Gasteiger partial charge in [0.15, 0.2) is 0 Å². The fourth-order valence-corrected chi connectivity index (χ4v) is 3.81. The quantitative estimate of drug-likeness (QED) is 0.352. The number of hydrogen-bond donors (Lipinski definition) is 3. The Kier molecular flexibility index (Phi) is 10.2. The van der Waals surface area contributed by atoms with E-state index < -0.39 is 18.1 Å². The summed E-state index contributed by atoms with van der Waals surface area (Å²) in [6.45, 7) is 8.93. The summed E-state index contributed by atoms with van der Waals surface area (Å²) >= 11 is 0. The lowest BCUT2D eigenvalue weighted by atomic mass is 9.93. The largest absolute Gasteiger partial charge is 0.391 e. The standard InChI is InChI=1S/C21H34FN3O4/c1-7-16(9-8-13(2)22)19(23-5)15(4)24-21(28)14(3)20(29-6)18-10-17(27)11-25(18)12-26/h7-9,12,14-15,17-20,23,27H,1,10-11H2,2-6H3,(H,24,28)/b13-8+,16-9+/t14?,15?,17-,18-,19?,20?/m0/s1. The Hall–Kier alpha value is -2.03. The number of amides is 2. The Morgan fingerprint density at radius 1 is 1.38 bits per heavy atom. The van der Waals surface area contributed by atoms with E-state index in [-0.39, 0.29) is 36.4 Å². The second-order valence-corrected chi connectivity index (χ2v) is 7.44. The normalized spacial score (nSPS) is 24.6. The van der Waals surface area contributed by atoms with Gasteiger partial charge in [-0.2, -0.15) is 0 Å². The maximum absolute atomic E-state index is 13.1. The van der Waals surface area contributed by atoms with E-state index in [1.54, 1.807) is 26.1 Å². The van der Waals surface area contributed by atoms with Gasteiger partial charge < -0.3 is 25.4 Å². The van der Waals surface area contributed by atoms with Gasteiger partial charge in [0.05, 0.1) is 36.0 Å². The third-order valence-electron chi connectivity index (χ3n) is 5.34. The zero-order chi connectivity index (χ0) is 22.1. The van der Waals surface area contributed by atoms with Crippen molar-refractivity contribution in [2.75, 3.05) is 20.7 Å². The van der Waals surface area contributed by atoms with Crippen LogP contribution in [0.25, 0.3) is 0 Å². The van der Waals surface area contributed by atoms with Crippen LogP contribution in [0.5, 0.6) is 0 Å². The van der Waals surface area contributed by atoms with Crippen LogP contribution in [0.3, 0.4) is 0 Å². The highest BCUT2D eigenvalue weighted by atomic mass is 19.1. The zero-order valence-corrected chi connectivity index (χ0v) is 17.9. The van der Waals surface area contributed by atoms with Crippen molar-refractivity contribution in [3.8, 4) is 0 Å². The third kappa shape index (κ3) is 6.76. The number of halogens is 1. The van der Waals surface area contributed by atoms with E-state index in [0.29, 0.717) is 12.8 Å². The fourth-order valence-electron chi connectivity index (χ4n) is 3.81. The molecule has 164 valence electrons. The van der Waals surface area contributed by atoms with Crippen molar-refractivity contribution in [1.82, 2.24) is 15.5 Å². The summed E-state index contributed by atoms with van der Waals surface area (Å²) in [7, 11) is 3.24. The fraction of sp³-hybridized carbons (Fsp3) is 0.619. The van der Waals surface area contributed by atoms with Gasteiger partial charge in [-0.05, 0) is 39.0 Å². The van der Waals surface area contributed by atoms with Gasteiger partial charge >= 0.3 is 0 Å². The molecule has 0 spiro atoms. The number of nitrogens with zero attached hydrogens (tertiary/aromatic N) is 1. The van der Waals surface area contributed by atoms with E-state index in [1.165, 1.54) is 25.0 Å². The molecule has 0 saturated carbocycles. The number of carbonyl (C=O) groups is 2. The van der Waals surface area contributed by atoms with Crippen LogP contribution in [-0.2, 0) is 14.3 Å². The number of nitrogens with one attached hydrogen (secondary N) is 2. The van der Waals surface area contributed by atoms with Crippen molar-refractivity contribution in [2.45, 2.75) is 57.5 Å². The van der Waals surface area contributed by atoms with E-state index in [0.717, 1.165) is 5.57 Å². The van der Waals surface area contributed by atoms with Crippen molar-refractivity contribution >= 4 is 12.3 Å². The molecule has 7 nitrogen and oxygen atoms in total. The molecule has 0 aromatic heterocycles. The summed E-state index contributed by atoms with van der Waals surface area (Å²) in [5.74, 6) is -1.12.